The lowest BCUT2D eigenvalue weighted by molar-refractivity contribution is -0.145. The number of nitriles is 1. The van der Waals surface area contributed by atoms with Crippen LogP contribution in [0.5, 0.6) is 0 Å². The lowest BCUT2D eigenvalue weighted by atomic mass is 9.81. The summed E-state index contributed by atoms with van der Waals surface area (Å²) in [4.78, 5) is 11.8. The quantitative estimate of drug-likeness (QED) is 0.179. The second-order valence-corrected chi connectivity index (χ2v) is 11.2. The van der Waals surface area contributed by atoms with Crippen LogP contribution in [0.25, 0.3) is 0 Å². The van der Waals surface area contributed by atoms with Crippen molar-refractivity contribution in [2.75, 3.05) is 20.3 Å². The van der Waals surface area contributed by atoms with Gasteiger partial charge in [-0.1, -0.05) is 54.7 Å². The molecular weight excluding hydrogens is 494 g/mol. The molecule has 1 N–H and O–H groups in total. The summed E-state index contributed by atoms with van der Waals surface area (Å²) in [5, 5.41) is 9.64. The number of nitrogens with zero attached hydrogens (tertiary/aromatic N) is 1. The van der Waals surface area contributed by atoms with Crippen molar-refractivity contribution in [3.8, 4) is 6.07 Å². The smallest absolute Gasteiger partial charge is 0.305 e. The molecule has 2 atom stereocenters. The number of thiocarbonyl (C=S) groups is 1. The zero-order chi connectivity index (χ0) is 25.2. The molecule has 2 unspecified atom stereocenters. The number of thioether (sulfide) groups is 1. The standard InChI is InChI=1S/C24H27NO6S3/c1-24(17-25,13-12-22(26)31-15-14-30-2)16-21(33-23(32)19-6-4-3-5-7-19)18-8-10-20(11-9-18)34(27,28)29/h3-11,21H,12-16H2,1-2H3,(H,27,28,29). The Kier molecular flexibility index (Phi) is 10.7. The van der Waals surface area contributed by atoms with E-state index >= 15 is 0 Å². The highest BCUT2D eigenvalue weighted by atomic mass is 32.2. The number of ether oxygens (including phenoxy) is 2. The summed E-state index contributed by atoms with van der Waals surface area (Å²) >= 11 is 7.02. The van der Waals surface area contributed by atoms with Gasteiger partial charge in [0.2, 0.25) is 0 Å². The minimum atomic E-state index is -4.32. The molecule has 0 saturated carbocycles. The SMILES string of the molecule is COCCOC(=O)CCC(C)(C#N)CC(SC(=S)c1ccccc1)c1ccc(S(=O)(=O)O)cc1. The third-order valence-electron chi connectivity index (χ3n) is 5.15. The van der Waals surface area contributed by atoms with Gasteiger partial charge >= 0.3 is 5.97 Å². The second-order valence-electron chi connectivity index (χ2n) is 7.89. The van der Waals surface area contributed by atoms with Gasteiger partial charge < -0.3 is 9.47 Å². The molecule has 2 rings (SSSR count). The van der Waals surface area contributed by atoms with Crippen LogP contribution in [0.15, 0.2) is 59.5 Å². The predicted octanol–water partition coefficient (Wildman–Crippen LogP) is 4.97. The Balaban J connectivity index is 2.24. The van der Waals surface area contributed by atoms with E-state index in [1.807, 2.05) is 30.3 Å². The first-order chi connectivity index (χ1) is 16.1. The Morgan fingerprint density at radius 2 is 1.82 bits per heavy atom. The van der Waals surface area contributed by atoms with Crippen molar-refractivity contribution in [1.82, 2.24) is 0 Å². The lowest BCUT2D eigenvalue weighted by Gasteiger charge is -2.27. The van der Waals surface area contributed by atoms with E-state index in [1.165, 1.54) is 31.0 Å². The van der Waals surface area contributed by atoms with Gasteiger partial charge in [0.05, 0.1) is 27.2 Å². The van der Waals surface area contributed by atoms with Crippen molar-refractivity contribution >= 4 is 44.3 Å². The lowest BCUT2D eigenvalue weighted by Crippen LogP contribution is -2.20. The van der Waals surface area contributed by atoms with Crippen LogP contribution in [-0.4, -0.2) is 43.5 Å². The molecule has 0 heterocycles. The predicted molar refractivity (Wildman–Crippen MR) is 135 cm³/mol. The average molecular weight is 522 g/mol. The molecule has 0 bridgehead atoms. The number of carbonyl (C=O) groups is 1. The molecule has 182 valence electrons. The molecule has 0 aromatic heterocycles. The Hall–Kier alpha value is -2.29. The monoisotopic (exact) mass is 521 g/mol. The maximum atomic E-state index is 12.0. The molecule has 34 heavy (non-hydrogen) atoms. The fourth-order valence-electron chi connectivity index (χ4n) is 3.16. The van der Waals surface area contributed by atoms with E-state index in [0.717, 1.165) is 11.1 Å². The second kappa shape index (κ2) is 13.0. The fraction of sp³-hybridized carbons (Fsp3) is 0.375. The van der Waals surface area contributed by atoms with Gasteiger partial charge in [0.1, 0.15) is 6.61 Å². The van der Waals surface area contributed by atoms with Crippen LogP contribution in [0, 0.1) is 16.7 Å². The van der Waals surface area contributed by atoms with Crippen molar-refractivity contribution < 1.29 is 27.2 Å². The van der Waals surface area contributed by atoms with Crippen molar-refractivity contribution in [2.45, 2.75) is 36.3 Å². The van der Waals surface area contributed by atoms with Crippen molar-refractivity contribution in [3.05, 3.63) is 65.7 Å². The summed E-state index contributed by atoms with van der Waals surface area (Å²) < 4.78 is 42.7. The van der Waals surface area contributed by atoms with E-state index in [2.05, 4.69) is 6.07 Å². The van der Waals surface area contributed by atoms with Gasteiger partial charge in [0.15, 0.2) is 0 Å². The van der Waals surface area contributed by atoms with E-state index in [9.17, 15) is 23.0 Å². The zero-order valence-electron chi connectivity index (χ0n) is 19.0. The van der Waals surface area contributed by atoms with Crippen LogP contribution >= 0.6 is 24.0 Å². The van der Waals surface area contributed by atoms with Crippen LogP contribution in [0.1, 0.15) is 42.6 Å². The van der Waals surface area contributed by atoms with Crippen LogP contribution in [0.3, 0.4) is 0 Å². The van der Waals surface area contributed by atoms with Gasteiger partial charge in [-0.15, -0.1) is 11.8 Å². The Bertz CT molecular complexity index is 1110. The van der Waals surface area contributed by atoms with Gasteiger partial charge in [-0.3, -0.25) is 9.35 Å². The van der Waals surface area contributed by atoms with Gasteiger partial charge in [-0.25, -0.2) is 0 Å². The number of esters is 1. The highest BCUT2D eigenvalue weighted by Crippen LogP contribution is 2.43. The molecule has 0 saturated heterocycles. The zero-order valence-corrected chi connectivity index (χ0v) is 21.4. The van der Waals surface area contributed by atoms with Crippen LogP contribution in [0.4, 0.5) is 0 Å². The molecule has 0 amide bonds. The summed E-state index contributed by atoms with van der Waals surface area (Å²) in [6.45, 7) is 2.24. The van der Waals surface area contributed by atoms with E-state index in [-0.39, 0.29) is 29.6 Å². The Labute approximate surface area is 210 Å². The minimum absolute atomic E-state index is 0.0794. The molecule has 0 spiro atoms. The van der Waals surface area contributed by atoms with Crippen LogP contribution in [0.2, 0.25) is 0 Å². The minimum Gasteiger partial charge on any atom is -0.463 e. The first kappa shape index (κ1) is 28.0. The number of rotatable bonds is 12. The summed E-state index contributed by atoms with van der Waals surface area (Å²) in [7, 11) is -2.81. The van der Waals surface area contributed by atoms with E-state index in [4.69, 9.17) is 21.7 Å². The number of hydrogen-bond acceptors (Lipinski definition) is 8. The highest BCUT2D eigenvalue weighted by molar-refractivity contribution is 8.23. The number of hydrogen-bond donors (Lipinski definition) is 1. The maximum absolute atomic E-state index is 12.0. The van der Waals surface area contributed by atoms with E-state index in [0.29, 0.717) is 17.2 Å². The van der Waals surface area contributed by atoms with Gasteiger partial charge in [0, 0.05) is 18.8 Å². The van der Waals surface area contributed by atoms with Gasteiger partial charge in [0.25, 0.3) is 10.1 Å². The van der Waals surface area contributed by atoms with E-state index in [1.54, 1.807) is 19.1 Å². The molecule has 0 radical (unpaired) electrons. The molecular formula is C24H27NO6S3. The summed E-state index contributed by atoms with van der Waals surface area (Å²) in [6, 6.07) is 17.6. The average Bonchev–Trinajstić information content (AvgIpc) is 2.82. The molecule has 7 nitrogen and oxygen atoms in total. The van der Waals surface area contributed by atoms with E-state index < -0.39 is 21.5 Å². The Morgan fingerprint density at radius 3 is 2.38 bits per heavy atom. The number of benzene rings is 2. The topological polar surface area (TPSA) is 114 Å². The van der Waals surface area contributed by atoms with Crippen LogP contribution in [-0.2, 0) is 24.4 Å². The Morgan fingerprint density at radius 1 is 1.18 bits per heavy atom. The molecule has 0 aliphatic heterocycles. The van der Waals surface area contributed by atoms with Crippen molar-refractivity contribution in [2.24, 2.45) is 5.41 Å². The maximum Gasteiger partial charge on any atom is 0.305 e. The third kappa shape index (κ3) is 8.81. The summed E-state index contributed by atoms with van der Waals surface area (Å²) in [5.41, 5.74) is 0.744. The first-order valence-corrected chi connectivity index (χ1v) is 13.2. The van der Waals surface area contributed by atoms with Crippen LogP contribution < -0.4 is 0 Å². The molecule has 0 fully saturated rings. The third-order valence-corrected chi connectivity index (χ3v) is 7.71. The normalized spacial score (nSPS) is 13.9. The molecule has 2 aromatic carbocycles. The molecule has 0 aliphatic rings. The number of methoxy groups -OCH3 is 1. The number of carbonyl (C=O) groups excluding carboxylic acids is 1. The van der Waals surface area contributed by atoms with Gasteiger partial charge in [-0.2, -0.15) is 13.7 Å². The largest absolute Gasteiger partial charge is 0.463 e. The highest BCUT2D eigenvalue weighted by Gasteiger charge is 2.31. The van der Waals surface area contributed by atoms with Crippen molar-refractivity contribution in [3.63, 3.8) is 0 Å². The van der Waals surface area contributed by atoms with Gasteiger partial charge in [-0.05, 0) is 43.0 Å². The molecule has 0 aliphatic carbocycles. The summed E-state index contributed by atoms with van der Waals surface area (Å²) in [6.07, 6.45) is 0.723. The molecule has 10 heteroatoms. The summed E-state index contributed by atoms with van der Waals surface area (Å²) in [5.74, 6) is -0.403. The van der Waals surface area contributed by atoms with Crippen molar-refractivity contribution in [1.29, 1.82) is 5.26 Å². The molecule has 2 aromatic rings. The fourth-order valence-corrected chi connectivity index (χ4v) is 5.39. The first-order valence-electron chi connectivity index (χ1n) is 10.5.